The van der Waals surface area contributed by atoms with Gasteiger partial charge in [-0.3, -0.25) is 9.69 Å². The van der Waals surface area contributed by atoms with Crippen molar-refractivity contribution in [2.45, 2.75) is 30.3 Å². The molecule has 0 atom stereocenters. The number of likely N-dealkylation sites (tertiary alicyclic amines) is 1. The highest BCUT2D eigenvalue weighted by Crippen LogP contribution is 2.31. The van der Waals surface area contributed by atoms with Crippen LogP contribution >= 0.6 is 0 Å². The molecule has 2 aromatic carbocycles. The average Bonchev–Trinajstić information content (AvgIpc) is 3.44. The van der Waals surface area contributed by atoms with Gasteiger partial charge in [0.1, 0.15) is 11.3 Å². The number of hydrogen-bond donors (Lipinski definition) is 2. The number of carbonyl (C=O) groups is 1. The van der Waals surface area contributed by atoms with Crippen LogP contribution in [0, 0.1) is 0 Å². The number of sulfone groups is 1. The van der Waals surface area contributed by atoms with Gasteiger partial charge in [-0.2, -0.15) is 4.98 Å². The zero-order chi connectivity index (χ0) is 32.4. The summed E-state index contributed by atoms with van der Waals surface area (Å²) >= 11 is 0. The number of rotatable bonds is 9. The molecule has 2 saturated heterocycles. The Kier molecular flexibility index (Phi) is 9.16. The predicted octanol–water partition coefficient (Wildman–Crippen LogP) is 3.59. The average molecular weight is 647 g/mol. The van der Waals surface area contributed by atoms with Crippen molar-refractivity contribution in [3.05, 3.63) is 65.9 Å². The first-order chi connectivity index (χ1) is 22.1. The summed E-state index contributed by atoms with van der Waals surface area (Å²) in [5.41, 5.74) is 3.34. The lowest BCUT2D eigenvalue weighted by molar-refractivity contribution is 0.0518. The molecule has 1 amide bonds. The van der Waals surface area contributed by atoms with Crippen molar-refractivity contribution >= 4 is 44.2 Å². The summed E-state index contributed by atoms with van der Waals surface area (Å²) in [7, 11) is 2.25. The number of piperidine rings is 1. The van der Waals surface area contributed by atoms with Gasteiger partial charge in [0.15, 0.2) is 15.7 Å². The number of anilines is 3. The third kappa shape index (κ3) is 6.81. The molecule has 12 nitrogen and oxygen atoms in total. The Balaban J connectivity index is 1.17. The molecular weight excluding hydrogens is 604 g/mol. The minimum Gasteiger partial charge on any atom is -0.495 e. The second-order valence-corrected chi connectivity index (χ2v) is 14.2. The Morgan fingerprint density at radius 3 is 2.43 bits per heavy atom. The second kappa shape index (κ2) is 13.3. The lowest BCUT2D eigenvalue weighted by Crippen LogP contribution is -2.52. The number of piperazine rings is 1. The Labute approximate surface area is 270 Å². The molecule has 244 valence electrons. The van der Waals surface area contributed by atoms with Crippen LogP contribution in [0.4, 0.5) is 17.5 Å². The van der Waals surface area contributed by atoms with Gasteiger partial charge < -0.3 is 29.7 Å². The number of aromatic nitrogens is 3. The molecule has 4 heterocycles. The monoisotopic (exact) mass is 646 g/mol. The van der Waals surface area contributed by atoms with E-state index >= 15 is 0 Å². The van der Waals surface area contributed by atoms with E-state index in [4.69, 9.17) is 14.7 Å². The molecule has 0 radical (unpaired) electrons. The van der Waals surface area contributed by atoms with Crippen LogP contribution in [-0.4, -0.2) is 109 Å². The number of nitrogens with one attached hydrogen (secondary N) is 2. The van der Waals surface area contributed by atoms with Crippen molar-refractivity contribution in [1.29, 1.82) is 0 Å². The zero-order valence-electron chi connectivity index (χ0n) is 26.9. The van der Waals surface area contributed by atoms with E-state index in [9.17, 15) is 13.2 Å². The minimum absolute atomic E-state index is 0.00416. The second-order valence-electron chi connectivity index (χ2n) is 12.2. The summed E-state index contributed by atoms with van der Waals surface area (Å²) in [6.07, 6.45) is 5.08. The Hall–Kier alpha value is -4.20. The van der Waals surface area contributed by atoms with E-state index in [1.807, 2.05) is 47.0 Å². The Morgan fingerprint density at radius 2 is 1.72 bits per heavy atom. The number of amides is 1. The van der Waals surface area contributed by atoms with Crippen LogP contribution in [0.3, 0.4) is 0 Å². The number of benzene rings is 2. The number of likely N-dealkylation sites (N-methyl/N-ethyl adjacent to an activating group) is 1. The number of aryl methyl sites for hydroxylation is 1. The molecule has 6 rings (SSSR count). The van der Waals surface area contributed by atoms with Gasteiger partial charge in [-0.1, -0.05) is 18.2 Å². The highest BCUT2D eigenvalue weighted by Gasteiger charge is 2.29. The van der Waals surface area contributed by atoms with Crippen LogP contribution in [-0.2, 0) is 23.4 Å². The quantitative estimate of drug-likeness (QED) is 0.279. The number of nitrogens with zero attached hydrogens (tertiary/aromatic N) is 6. The van der Waals surface area contributed by atoms with Gasteiger partial charge in [-0.25, -0.2) is 13.4 Å². The summed E-state index contributed by atoms with van der Waals surface area (Å²) in [5, 5.41) is 6.59. The van der Waals surface area contributed by atoms with E-state index < -0.39 is 9.84 Å². The molecule has 0 bridgehead atoms. The van der Waals surface area contributed by atoms with Gasteiger partial charge in [0.05, 0.1) is 23.2 Å². The molecular formula is C33H42N8O4S. The van der Waals surface area contributed by atoms with Crippen molar-refractivity contribution < 1.29 is 17.9 Å². The number of ether oxygens (including phenoxy) is 1. The number of methoxy groups -OCH3 is 1. The standard InChI is InChI=1S/C33H42N8O4S/c1-38-17-19-40(20-18-38)25-11-15-41(16-12-25)32(42)23-9-10-26(28(21-23)45-3)35-33-36-27-13-14-39(2)30(27)31(37-33)34-22-24-7-5-6-8-29(24)46(4,43)44/h5-10,13-14,21,25H,11-12,15-20,22H2,1-4H3,(H2,34,35,36,37). The first-order valence-corrected chi connectivity index (χ1v) is 17.5. The van der Waals surface area contributed by atoms with E-state index in [-0.39, 0.29) is 17.3 Å². The highest BCUT2D eigenvalue weighted by atomic mass is 32.2. The topological polar surface area (TPSA) is 125 Å². The molecule has 0 unspecified atom stereocenters. The Morgan fingerprint density at radius 1 is 0.978 bits per heavy atom. The SMILES string of the molecule is COc1cc(C(=O)N2CCC(N3CCN(C)CC3)CC2)ccc1Nc1nc(NCc2ccccc2S(C)(=O)=O)c2c(ccn2C)n1. The number of fused-ring (bicyclic) bond motifs is 1. The zero-order valence-corrected chi connectivity index (χ0v) is 27.7. The molecule has 46 heavy (non-hydrogen) atoms. The van der Waals surface area contributed by atoms with Crippen molar-refractivity contribution in [3.8, 4) is 5.75 Å². The number of hydrogen-bond acceptors (Lipinski definition) is 10. The van der Waals surface area contributed by atoms with Crippen molar-refractivity contribution in [2.75, 3.05) is 70.3 Å². The summed E-state index contributed by atoms with van der Waals surface area (Å²) in [6.45, 7) is 6.13. The van der Waals surface area contributed by atoms with E-state index in [2.05, 4.69) is 27.5 Å². The summed E-state index contributed by atoms with van der Waals surface area (Å²) in [4.78, 5) is 30.1. The fourth-order valence-corrected chi connectivity index (χ4v) is 7.36. The summed E-state index contributed by atoms with van der Waals surface area (Å²) in [6, 6.07) is 14.7. The largest absolute Gasteiger partial charge is 0.495 e. The molecule has 2 aliphatic heterocycles. The van der Waals surface area contributed by atoms with Gasteiger partial charge in [0.25, 0.3) is 5.91 Å². The molecule has 13 heteroatoms. The molecule has 2 fully saturated rings. The normalized spacial score (nSPS) is 16.9. The van der Waals surface area contributed by atoms with E-state index in [1.54, 1.807) is 31.4 Å². The minimum atomic E-state index is -3.39. The van der Waals surface area contributed by atoms with Crippen molar-refractivity contribution in [3.63, 3.8) is 0 Å². The van der Waals surface area contributed by atoms with Crippen LogP contribution in [0.1, 0.15) is 28.8 Å². The van der Waals surface area contributed by atoms with Gasteiger partial charge >= 0.3 is 0 Å². The van der Waals surface area contributed by atoms with Crippen LogP contribution in [0.2, 0.25) is 0 Å². The molecule has 0 saturated carbocycles. The third-order valence-electron chi connectivity index (χ3n) is 9.04. The lowest BCUT2D eigenvalue weighted by atomic mass is 10.0. The molecule has 4 aromatic rings. The highest BCUT2D eigenvalue weighted by molar-refractivity contribution is 7.90. The maximum absolute atomic E-state index is 13.5. The Bertz CT molecular complexity index is 1830. The van der Waals surface area contributed by atoms with Crippen molar-refractivity contribution in [2.24, 2.45) is 7.05 Å². The van der Waals surface area contributed by atoms with Crippen molar-refractivity contribution in [1.82, 2.24) is 29.2 Å². The lowest BCUT2D eigenvalue weighted by Gasteiger charge is -2.42. The molecule has 2 aromatic heterocycles. The maximum Gasteiger partial charge on any atom is 0.253 e. The first-order valence-electron chi connectivity index (χ1n) is 15.6. The third-order valence-corrected chi connectivity index (χ3v) is 10.2. The number of carbonyl (C=O) groups excluding carboxylic acids is 1. The van der Waals surface area contributed by atoms with Gasteiger partial charge in [0.2, 0.25) is 5.95 Å². The van der Waals surface area contributed by atoms with Crippen LogP contribution < -0.4 is 15.4 Å². The fraction of sp³-hybridized carbons (Fsp3) is 0.424. The van der Waals surface area contributed by atoms with Gasteiger partial charge in [-0.15, -0.1) is 0 Å². The smallest absolute Gasteiger partial charge is 0.253 e. The predicted molar refractivity (Wildman–Crippen MR) is 180 cm³/mol. The van der Waals surface area contributed by atoms with Crippen LogP contribution in [0.25, 0.3) is 11.0 Å². The van der Waals surface area contributed by atoms with Crippen LogP contribution in [0.15, 0.2) is 59.6 Å². The molecule has 2 N–H and O–H groups in total. The summed E-state index contributed by atoms with van der Waals surface area (Å²) < 4.78 is 32.3. The van der Waals surface area contributed by atoms with E-state index in [0.717, 1.165) is 57.6 Å². The first kappa shape index (κ1) is 31.8. The maximum atomic E-state index is 13.5. The van der Waals surface area contributed by atoms with E-state index in [1.165, 1.54) is 6.26 Å². The molecule has 2 aliphatic rings. The molecule has 0 aliphatic carbocycles. The molecule has 0 spiro atoms. The van der Waals surface area contributed by atoms with E-state index in [0.29, 0.717) is 45.9 Å². The van der Waals surface area contributed by atoms with Crippen LogP contribution in [0.5, 0.6) is 5.75 Å². The van der Waals surface area contributed by atoms with Gasteiger partial charge in [0, 0.05) is 76.9 Å². The summed E-state index contributed by atoms with van der Waals surface area (Å²) in [5.74, 6) is 1.39. The fourth-order valence-electron chi connectivity index (χ4n) is 6.41. The van der Waals surface area contributed by atoms with Gasteiger partial charge in [-0.05, 0) is 55.8 Å².